The van der Waals surface area contributed by atoms with Gasteiger partial charge in [0.2, 0.25) is 0 Å². The molecule has 0 radical (unpaired) electrons. The number of carbonyl (C=O) groups excluding carboxylic acids is 2. The molecule has 1 amide bonds. The second kappa shape index (κ2) is 6.36. The Morgan fingerprint density at radius 3 is 3.05 bits per heavy atom. The van der Waals surface area contributed by atoms with E-state index in [-0.39, 0.29) is 19.1 Å². The van der Waals surface area contributed by atoms with Gasteiger partial charge in [0.25, 0.3) is 0 Å². The summed E-state index contributed by atoms with van der Waals surface area (Å²) in [4.78, 5) is 24.3. The van der Waals surface area contributed by atoms with Crippen molar-refractivity contribution in [3.8, 4) is 0 Å². The van der Waals surface area contributed by atoms with Gasteiger partial charge in [-0.05, 0) is 24.6 Å². The summed E-state index contributed by atoms with van der Waals surface area (Å²) >= 11 is 0. The van der Waals surface area contributed by atoms with Crippen LogP contribution in [0.4, 0.5) is 14.9 Å². The molecular formula is C14H16FNO4. The Kier molecular flexibility index (Phi) is 4.55. The van der Waals surface area contributed by atoms with Crippen LogP contribution < -0.4 is 4.90 Å². The lowest BCUT2D eigenvalue weighted by Gasteiger charge is -2.12. The zero-order valence-electron chi connectivity index (χ0n) is 11.2. The maximum absolute atomic E-state index is 13.1. The molecule has 0 aromatic heterocycles. The molecule has 1 aliphatic heterocycles. The van der Waals surface area contributed by atoms with Crippen molar-refractivity contribution in [1.82, 2.24) is 0 Å². The minimum atomic E-state index is -0.563. The third-order valence-corrected chi connectivity index (χ3v) is 2.88. The lowest BCUT2D eigenvalue weighted by atomic mass is 10.2. The van der Waals surface area contributed by atoms with Crippen LogP contribution in [0.3, 0.4) is 0 Å². The molecule has 1 aliphatic rings. The summed E-state index contributed by atoms with van der Waals surface area (Å²) in [6.07, 6.45) is -0.0359. The van der Waals surface area contributed by atoms with E-state index < -0.39 is 18.0 Å². The Balaban J connectivity index is 1.92. The highest BCUT2D eigenvalue weighted by Crippen LogP contribution is 2.22. The third kappa shape index (κ3) is 3.46. The number of nitrogens with zero attached hydrogens (tertiary/aromatic N) is 1. The van der Waals surface area contributed by atoms with Crippen molar-refractivity contribution in [1.29, 1.82) is 0 Å². The molecule has 1 aromatic carbocycles. The number of hydrogen-bond acceptors (Lipinski definition) is 4. The Labute approximate surface area is 116 Å². The van der Waals surface area contributed by atoms with Gasteiger partial charge < -0.3 is 9.47 Å². The van der Waals surface area contributed by atoms with Crippen molar-refractivity contribution >= 4 is 17.7 Å². The molecule has 108 valence electrons. The van der Waals surface area contributed by atoms with E-state index in [1.165, 1.54) is 23.1 Å². The molecule has 2 rings (SSSR count). The number of cyclic esters (lactones) is 1. The van der Waals surface area contributed by atoms with Gasteiger partial charge >= 0.3 is 12.1 Å². The fourth-order valence-corrected chi connectivity index (χ4v) is 1.93. The Hall–Kier alpha value is -2.11. The SMILES string of the molecule is CCCC(=O)OC[C@H]1CN(c2cccc(F)c2)C(=O)O1. The highest BCUT2D eigenvalue weighted by Gasteiger charge is 2.33. The van der Waals surface area contributed by atoms with Crippen molar-refractivity contribution in [3.63, 3.8) is 0 Å². The van der Waals surface area contributed by atoms with E-state index in [0.717, 1.165) is 0 Å². The fraction of sp³-hybridized carbons (Fsp3) is 0.429. The van der Waals surface area contributed by atoms with Crippen LogP contribution in [0.25, 0.3) is 0 Å². The Bertz CT molecular complexity index is 506. The standard InChI is InChI=1S/C14H16FNO4/c1-2-4-13(17)19-9-12-8-16(14(18)20-12)11-6-3-5-10(15)7-11/h3,5-7,12H,2,4,8-9H2,1H3/t12-/m1/s1. The number of esters is 1. The summed E-state index contributed by atoms with van der Waals surface area (Å²) in [5.74, 6) is -0.735. The largest absolute Gasteiger partial charge is 0.462 e. The molecule has 0 bridgehead atoms. The normalized spacial score (nSPS) is 18.0. The fourth-order valence-electron chi connectivity index (χ4n) is 1.93. The van der Waals surface area contributed by atoms with Crippen LogP contribution in [0.1, 0.15) is 19.8 Å². The number of rotatable bonds is 5. The summed E-state index contributed by atoms with van der Waals surface area (Å²) < 4.78 is 23.2. The van der Waals surface area contributed by atoms with Gasteiger partial charge in [0.05, 0.1) is 12.2 Å². The molecule has 1 saturated heterocycles. The molecule has 6 heteroatoms. The van der Waals surface area contributed by atoms with Crippen LogP contribution in [-0.2, 0) is 14.3 Å². The van der Waals surface area contributed by atoms with Crippen molar-refractivity contribution in [2.45, 2.75) is 25.9 Å². The highest BCUT2D eigenvalue weighted by molar-refractivity contribution is 5.89. The molecule has 1 heterocycles. The smallest absolute Gasteiger partial charge is 0.414 e. The predicted octanol–water partition coefficient (Wildman–Crippen LogP) is 2.49. The average molecular weight is 281 g/mol. The zero-order valence-corrected chi connectivity index (χ0v) is 11.2. The van der Waals surface area contributed by atoms with Gasteiger partial charge in [-0.3, -0.25) is 9.69 Å². The molecule has 1 atom stereocenters. The van der Waals surface area contributed by atoms with E-state index in [1.54, 1.807) is 6.07 Å². The van der Waals surface area contributed by atoms with E-state index in [0.29, 0.717) is 18.5 Å². The second-order valence-corrected chi connectivity index (χ2v) is 4.53. The molecule has 5 nitrogen and oxygen atoms in total. The van der Waals surface area contributed by atoms with E-state index in [9.17, 15) is 14.0 Å². The van der Waals surface area contributed by atoms with Gasteiger partial charge in [-0.2, -0.15) is 0 Å². The topological polar surface area (TPSA) is 55.8 Å². The first kappa shape index (κ1) is 14.3. The van der Waals surface area contributed by atoms with Gasteiger partial charge in [-0.1, -0.05) is 13.0 Å². The molecule has 0 unspecified atom stereocenters. The average Bonchev–Trinajstić information content (AvgIpc) is 2.78. The van der Waals surface area contributed by atoms with Gasteiger partial charge in [-0.15, -0.1) is 0 Å². The summed E-state index contributed by atoms with van der Waals surface area (Å²) in [5, 5.41) is 0. The second-order valence-electron chi connectivity index (χ2n) is 4.53. The molecule has 0 aliphatic carbocycles. The molecule has 1 aromatic rings. The number of hydrogen-bond donors (Lipinski definition) is 0. The number of ether oxygens (including phenoxy) is 2. The Morgan fingerprint density at radius 1 is 1.55 bits per heavy atom. The number of amides is 1. The molecule has 1 fully saturated rings. The monoisotopic (exact) mass is 281 g/mol. The van der Waals surface area contributed by atoms with Crippen LogP contribution >= 0.6 is 0 Å². The molecule has 20 heavy (non-hydrogen) atoms. The number of carbonyl (C=O) groups is 2. The summed E-state index contributed by atoms with van der Waals surface area (Å²) in [6.45, 7) is 2.14. The van der Waals surface area contributed by atoms with Crippen LogP contribution in [0.5, 0.6) is 0 Å². The predicted molar refractivity (Wildman–Crippen MR) is 69.9 cm³/mol. The van der Waals surface area contributed by atoms with Gasteiger partial charge in [0, 0.05) is 6.42 Å². The molecule has 0 spiro atoms. The van der Waals surface area contributed by atoms with E-state index in [4.69, 9.17) is 9.47 Å². The van der Waals surface area contributed by atoms with Gasteiger partial charge in [0.15, 0.2) is 6.10 Å². The van der Waals surface area contributed by atoms with Crippen LogP contribution in [-0.4, -0.2) is 31.3 Å². The first-order valence-electron chi connectivity index (χ1n) is 6.49. The quantitative estimate of drug-likeness (QED) is 0.778. The summed E-state index contributed by atoms with van der Waals surface area (Å²) in [6, 6.07) is 5.70. The van der Waals surface area contributed by atoms with E-state index >= 15 is 0 Å². The third-order valence-electron chi connectivity index (χ3n) is 2.88. The van der Waals surface area contributed by atoms with E-state index in [2.05, 4.69) is 0 Å². The maximum atomic E-state index is 13.1. The van der Waals surface area contributed by atoms with Crippen molar-refractivity contribution in [3.05, 3.63) is 30.1 Å². The maximum Gasteiger partial charge on any atom is 0.414 e. The first-order valence-corrected chi connectivity index (χ1v) is 6.49. The molecule has 0 saturated carbocycles. The minimum Gasteiger partial charge on any atom is -0.462 e. The highest BCUT2D eigenvalue weighted by atomic mass is 19.1. The summed E-state index contributed by atoms with van der Waals surface area (Å²) in [7, 11) is 0. The molecular weight excluding hydrogens is 265 g/mol. The van der Waals surface area contributed by atoms with Gasteiger partial charge in [-0.25, -0.2) is 9.18 Å². The van der Waals surface area contributed by atoms with E-state index in [1.807, 2.05) is 6.92 Å². The number of benzene rings is 1. The van der Waals surface area contributed by atoms with Crippen molar-refractivity contribution in [2.75, 3.05) is 18.1 Å². The summed E-state index contributed by atoms with van der Waals surface area (Å²) in [5.41, 5.74) is 0.428. The van der Waals surface area contributed by atoms with Crippen molar-refractivity contribution < 1.29 is 23.5 Å². The lowest BCUT2D eigenvalue weighted by molar-refractivity contribution is -0.146. The first-order chi connectivity index (χ1) is 9.60. The van der Waals surface area contributed by atoms with Crippen LogP contribution in [0.15, 0.2) is 24.3 Å². The number of anilines is 1. The van der Waals surface area contributed by atoms with Gasteiger partial charge in [0.1, 0.15) is 12.4 Å². The lowest BCUT2D eigenvalue weighted by Crippen LogP contribution is -2.26. The minimum absolute atomic E-state index is 0.0242. The van der Waals surface area contributed by atoms with Crippen LogP contribution in [0.2, 0.25) is 0 Å². The Morgan fingerprint density at radius 2 is 2.35 bits per heavy atom. The number of halogens is 1. The zero-order chi connectivity index (χ0) is 14.5. The van der Waals surface area contributed by atoms with Crippen molar-refractivity contribution in [2.24, 2.45) is 0 Å². The molecule has 0 N–H and O–H groups in total. The van der Waals surface area contributed by atoms with Crippen LogP contribution in [0, 0.1) is 5.82 Å².